The average Bonchev–Trinajstić information content (AvgIpc) is 3.52. The van der Waals surface area contributed by atoms with Crippen molar-refractivity contribution in [3.8, 4) is 5.75 Å². The van der Waals surface area contributed by atoms with Crippen molar-refractivity contribution in [2.24, 2.45) is 5.92 Å². The summed E-state index contributed by atoms with van der Waals surface area (Å²) in [5.41, 5.74) is 3.01. The van der Waals surface area contributed by atoms with Gasteiger partial charge in [0.1, 0.15) is 29.3 Å². The van der Waals surface area contributed by atoms with E-state index in [4.69, 9.17) is 9.47 Å². The molecule has 1 aliphatic heterocycles. The Kier molecular flexibility index (Phi) is 6.89. The molecule has 1 amide bonds. The highest BCUT2D eigenvalue weighted by atomic mass is 32.1. The number of carbonyl (C=O) groups excluding carboxylic acids is 1. The second kappa shape index (κ2) is 10.5. The van der Waals surface area contributed by atoms with E-state index in [9.17, 15) is 4.79 Å². The fourth-order valence-electron chi connectivity index (χ4n) is 5.36. The van der Waals surface area contributed by atoms with E-state index in [1.807, 2.05) is 31.1 Å². The molecule has 3 aromatic heterocycles. The van der Waals surface area contributed by atoms with Crippen LogP contribution >= 0.6 is 11.3 Å². The highest BCUT2D eigenvalue weighted by molar-refractivity contribution is 7.19. The normalized spacial score (nSPS) is 19.7. The molecule has 1 aliphatic carbocycles. The summed E-state index contributed by atoms with van der Waals surface area (Å²) in [6.45, 7) is 5.34. The van der Waals surface area contributed by atoms with Gasteiger partial charge in [0.25, 0.3) is 0 Å². The van der Waals surface area contributed by atoms with Crippen LogP contribution in [0.4, 0.5) is 11.5 Å². The number of aromatic amines is 1. The van der Waals surface area contributed by atoms with Crippen molar-refractivity contribution in [2.45, 2.75) is 32.2 Å². The quantitative estimate of drug-likeness (QED) is 0.370. The van der Waals surface area contributed by atoms with E-state index in [-0.39, 0.29) is 17.9 Å². The number of nitrogens with zero attached hydrogens (tertiary/aromatic N) is 5. The zero-order valence-corrected chi connectivity index (χ0v) is 22.8. The van der Waals surface area contributed by atoms with Crippen LogP contribution in [0.1, 0.15) is 23.8 Å². The number of aryl methyl sites for hydroxylation is 1. The van der Waals surface area contributed by atoms with Gasteiger partial charge in [0, 0.05) is 35.3 Å². The summed E-state index contributed by atoms with van der Waals surface area (Å²) in [5, 5.41) is 12.8. The number of hydrogen-bond donors (Lipinski definition) is 2. The molecule has 38 heavy (non-hydrogen) atoms. The maximum absolute atomic E-state index is 13.4. The molecule has 0 radical (unpaired) electrons. The fraction of sp³-hybridized carbons (Fsp3) is 0.481. The number of thiophene rings is 1. The second-order valence-electron chi connectivity index (χ2n) is 10.4. The van der Waals surface area contributed by atoms with E-state index in [0.717, 1.165) is 64.2 Å². The van der Waals surface area contributed by atoms with Gasteiger partial charge < -0.3 is 24.6 Å². The van der Waals surface area contributed by atoms with E-state index in [0.29, 0.717) is 26.4 Å². The maximum atomic E-state index is 13.4. The third-order valence-corrected chi connectivity index (χ3v) is 8.60. The van der Waals surface area contributed by atoms with Gasteiger partial charge in [-0.3, -0.25) is 9.89 Å². The number of likely N-dealkylation sites (N-methyl/N-ethyl adjacent to an activating group) is 1. The number of H-pyrrole nitrogens is 1. The van der Waals surface area contributed by atoms with Crippen molar-refractivity contribution in [3.63, 3.8) is 0 Å². The predicted molar refractivity (Wildman–Crippen MR) is 148 cm³/mol. The van der Waals surface area contributed by atoms with E-state index in [2.05, 4.69) is 37.3 Å². The molecule has 4 heterocycles. The molecule has 0 bridgehead atoms. The number of nitrogens with one attached hydrogen (secondary N) is 2. The van der Waals surface area contributed by atoms with Gasteiger partial charge in [-0.05, 0) is 51.9 Å². The summed E-state index contributed by atoms with van der Waals surface area (Å²) < 4.78 is 11.7. The zero-order chi connectivity index (χ0) is 26.2. The zero-order valence-electron chi connectivity index (χ0n) is 22.0. The Hall–Kier alpha value is -3.28. The number of morpholine rings is 1. The van der Waals surface area contributed by atoms with E-state index in [1.54, 1.807) is 23.9 Å². The van der Waals surface area contributed by atoms with E-state index in [1.165, 1.54) is 10.4 Å². The molecule has 0 unspecified atom stereocenters. The van der Waals surface area contributed by atoms with Gasteiger partial charge >= 0.3 is 0 Å². The first-order chi connectivity index (χ1) is 18.5. The van der Waals surface area contributed by atoms with Gasteiger partial charge in [0.05, 0.1) is 42.0 Å². The molecular weight excluding hydrogens is 502 g/mol. The predicted octanol–water partition coefficient (Wildman–Crippen LogP) is 3.60. The number of amides is 1. The monoisotopic (exact) mass is 535 g/mol. The Bertz CT molecular complexity index is 1470. The molecular formula is C27H33N7O3S. The number of ether oxygens (including phenoxy) is 2. The Labute approximate surface area is 225 Å². The Morgan fingerprint density at radius 3 is 3.08 bits per heavy atom. The summed E-state index contributed by atoms with van der Waals surface area (Å²) in [6.07, 6.45) is 5.82. The van der Waals surface area contributed by atoms with Gasteiger partial charge in [-0.2, -0.15) is 5.10 Å². The third-order valence-electron chi connectivity index (χ3n) is 7.43. The van der Waals surface area contributed by atoms with Crippen LogP contribution < -0.4 is 10.1 Å². The minimum absolute atomic E-state index is 0.000628. The number of fused-ring (bicyclic) bond motifs is 4. The number of anilines is 2. The summed E-state index contributed by atoms with van der Waals surface area (Å²) in [4.78, 5) is 28.9. The lowest BCUT2D eigenvalue weighted by Gasteiger charge is -2.36. The van der Waals surface area contributed by atoms with Crippen molar-refractivity contribution in [2.75, 3.05) is 52.3 Å². The van der Waals surface area contributed by atoms with Crippen molar-refractivity contribution in [1.82, 2.24) is 30.0 Å². The lowest BCUT2D eigenvalue weighted by Crippen LogP contribution is -2.50. The highest BCUT2D eigenvalue weighted by Crippen LogP contribution is 2.42. The minimum atomic E-state index is 0.000628. The largest absolute Gasteiger partial charge is 0.490 e. The van der Waals surface area contributed by atoms with Gasteiger partial charge in [-0.25, -0.2) is 9.97 Å². The molecule has 10 nitrogen and oxygen atoms in total. The number of aromatic nitrogens is 4. The number of carbonyl (C=O) groups is 1. The molecule has 2 aliphatic rings. The van der Waals surface area contributed by atoms with Crippen LogP contribution in [0, 0.1) is 5.92 Å². The van der Waals surface area contributed by atoms with Crippen LogP contribution in [0.2, 0.25) is 0 Å². The molecule has 11 heteroatoms. The molecule has 6 rings (SSSR count). The van der Waals surface area contributed by atoms with E-state index < -0.39 is 0 Å². The summed E-state index contributed by atoms with van der Waals surface area (Å²) in [7, 11) is 4.05. The van der Waals surface area contributed by atoms with Crippen molar-refractivity contribution in [3.05, 3.63) is 35.1 Å². The van der Waals surface area contributed by atoms with Crippen LogP contribution in [-0.4, -0.2) is 88.9 Å². The second-order valence-corrected chi connectivity index (χ2v) is 11.5. The lowest BCUT2D eigenvalue weighted by atomic mass is 9.86. The van der Waals surface area contributed by atoms with Crippen molar-refractivity contribution >= 4 is 49.9 Å². The van der Waals surface area contributed by atoms with Crippen LogP contribution in [0.15, 0.2) is 24.7 Å². The smallest absolute Gasteiger partial charge is 0.226 e. The SMILES string of the molecule is C[C@@H]1COCCN1C(=O)[C@H]1CCc2c(sc3ncnc(Nc4cc5cn[nH]c5cc4OCCN(C)C)c23)C1. The maximum Gasteiger partial charge on any atom is 0.226 e. The first-order valence-electron chi connectivity index (χ1n) is 13.1. The lowest BCUT2D eigenvalue weighted by molar-refractivity contribution is -0.143. The highest BCUT2D eigenvalue weighted by Gasteiger charge is 2.34. The Morgan fingerprint density at radius 1 is 1.34 bits per heavy atom. The van der Waals surface area contributed by atoms with Crippen molar-refractivity contribution in [1.29, 1.82) is 0 Å². The molecule has 4 aromatic rings. The van der Waals surface area contributed by atoms with Crippen molar-refractivity contribution < 1.29 is 14.3 Å². The summed E-state index contributed by atoms with van der Waals surface area (Å²) >= 11 is 1.68. The average molecular weight is 536 g/mol. The molecule has 2 atom stereocenters. The molecule has 1 saturated heterocycles. The topological polar surface area (TPSA) is 108 Å². The van der Waals surface area contributed by atoms with Gasteiger partial charge in [-0.15, -0.1) is 11.3 Å². The molecule has 2 N–H and O–H groups in total. The number of hydrogen-bond acceptors (Lipinski definition) is 9. The van der Waals surface area contributed by atoms with Gasteiger partial charge in [-0.1, -0.05) is 0 Å². The fourth-order valence-corrected chi connectivity index (χ4v) is 6.63. The first-order valence-corrected chi connectivity index (χ1v) is 13.9. The van der Waals surface area contributed by atoms with E-state index >= 15 is 0 Å². The molecule has 1 aromatic carbocycles. The van der Waals surface area contributed by atoms with Crippen LogP contribution in [0.5, 0.6) is 5.75 Å². The number of rotatable bonds is 7. The van der Waals surface area contributed by atoms with Crippen LogP contribution in [0.3, 0.4) is 0 Å². The van der Waals surface area contributed by atoms with Gasteiger partial charge in [0.2, 0.25) is 5.91 Å². The molecule has 0 spiro atoms. The minimum Gasteiger partial charge on any atom is -0.490 e. The Morgan fingerprint density at radius 2 is 2.24 bits per heavy atom. The standard InChI is InChI=1S/C27H33N7O3S/c1-16-14-36-8-7-34(16)27(35)17-4-5-19-23(11-17)38-26-24(19)25(28-15-29-26)31-21-10-18-13-30-32-20(18)12-22(21)37-9-6-33(2)3/h10,12-13,15-17H,4-9,11,14H2,1-3H3,(H,30,32)(H,28,29,31)/t16-,17+/m1/s1. The van der Waals surface area contributed by atoms with Crippen LogP contribution in [-0.2, 0) is 22.4 Å². The first kappa shape index (κ1) is 25.0. The summed E-state index contributed by atoms with van der Waals surface area (Å²) in [5.74, 6) is 1.76. The number of benzene rings is 1. The third kappa shape index (κ3) is 4.81. The van der Waals surface area contributed by atoms with Crippen LogP contribution in [0.25, 0.3) is 21.1 Å². The Balaban J connectivity index is 1.29. The molecule has 0 saturated carbocycles. The van der Waals surface area contributed by atoms with Gasteiger partial charge in [0.15, 0.2) is 0 Å². The molecule has 1 fully saturated rings. The molecule has 200 valence electrons. The summed E-state index contributed by atoms with van der Waals surface area (Å²) in [6, 6.07) is 4.14.